The van der Waals surface area contributed by atoms with Crippen molar-refractivity contribution in [2.75, 3.05) is 32.8 Å². The lowest BCUT2D eigenvalue weighted by atomic mass is 10.1. The fraction of sp³-hybridized carbons (Fsp3) is 0.429. The molecule has 1 saturated heterocycles. The van der Waals surface area contributed by atoms with Gasteiger partial charge in [0.2, 0.25) is 0 Å². The molecule has 2 unspecified atom stereocenters. The number of halogens is 1. The number of aryl methyl sites for hydroxylation is 1. The maximum Gasteiger partial charge on any atom is 0.123 e. The van der Waals surface area contributed by atoms with Crippen LogP contribution >= 0.6 is 0 Å². The number of ether oxygens (including phenoxy) is 2. The van der Waals surface area contributed by atoms with Crippen LogP contribution in [0, 0.1) is 12.7 Å². The highest BCUT2D eigenvalue weighted by Crippen LogP contribution is 2.22. The average Bonchev–Trinajstić information content (AvgIpc) is 2.64. The number of hydrogen-bond donors (Lipinski definition) is 1. The van der Waals surface area contributed by atoms with Crippen LogP contribution in [0.15, 0.2) is 48.5 Å². The van der Waals surface area contributed by atoms with Crippen molar-refractivity contribution in [3.8, 4) is 0 Å². The highest BCUT2D eigenvalue weighted by Gasteiger charge is 2.23. The molecule has 0 bridgehead atoms. The zero-order valence-corrected chi connectivity index (χ0v) is 15.1. The minimum absolute atomic E-state index is 0.167. The van der Waals surface area contributed by atoms with Gasteiger partial charge in [-0.15, -0.1) is 0 Å². The van der Waals surface area contributed by atoms with Gasteiger partial charge in [0, 0.05) is 19.6 Å². The maximum atomic E-state index is 13.4. The summed E-state index contributed by atoms with van der Waals surface area (Å²) in [5.41, 5.74) is 3.15. The molecule has 0 aromatic heterocycles. The van der Waals surface area contributed by atoms with E-state index in [9.17, 15) is 9.50 Å². The zero-order chi connectivity index (χ0) is 18.4. The second kappa shape index (κ2) is 9.24. The first kappa shape index (κ1) is 19.0. The number of morpholine rings is 1. The Hall–Kier alpha value is -1.79. The van der Waals surface area contributed by atoms with Gasteiger partial charge >= 0.3 is 0 Å². The van der Waals surface area contributed by atoms with E-state index in [1.54, 1.807) is 6.07 Å². The SMILES string of the molecule is Cc1ccc(COCC(O)CN2CCOC(c3cccc(F)c3)C2)cc1. The normalized spacial score (nSPS) is 19.4. The Bertz CT molecular complexity index is 692. The van der Waals surface area contributed by atoms with Crippen LogP contribution in [0.3, 0.4) is 0 Å². The number of aliphatic hydroxyl groups excluding tert-OH is 1. The van der Waals surface area contributed by atoms with Crippen LogP contribution in [0.5, 0.6) is 0 Å². The van der Waals surface area contributed by atoms with Crippen molar-refractivity contribution in [1.82, 2.24) is 4.90 Å². The average molecular weight is 359 g/mol. The van der Waals surface area contributed by atoms with Gasteiger partial charge in [-0.25, -0.2) is 4.39 Å². The molecule has 1 heterocycles. The van der Waals surface area contributed by atoms with Crippen molar-refractivity contribution in [2.45, 2.75) is 25.7 Å². The molecule has 140 valence electrons. The Morgan fingerprint density at radius 3 is 2.85 bits per heavy atom. The molecule has 2 aromatic carbocycles. The minimum Gasteiger partial charge on any atom is -0.389 e. The molecule has 26 heavy (non-hydrogen) atoms. The van der Waals surface area contributed by atoms with Crippen LogP contribution in [-0.4, -0.2) is 49.0 Å². The summed E-state index contributed by atoms with van der Waals surface area (Å²) in [5, 5.41) is 10.3. The van der Waals surface area contributed by atoms with E-state index in [0.717, 1.165) is 17.7 Å². The minimum atomic E-state index is -0.563. The number of rotatable bonds is 7. The molecule has 0 aliphatic carbocycles. The third kappa shape index (κ3) is 5.61. The first-order valence-corrected chi connectivity index (χ1v) is 9.01. The van der Waals surface area contributed by atoms with Crippen molar-refractivity contribution in [3.63, 3.8) is 0 Å². The third-order valence-corrected chi connectivity index (χ3v) is 4.54. The molecular weight excluding hydrogens is 333 g/mol. The van der Waals surface area contributed by atoms with Gasteiger partial charge in [0.1, 0.15) is 5.82 Å². The molecular formula is C21H26FNO3. The number of aliphatic hydroxyl groups is 1. The van der Waals surface area contributed by atoms with Crippen molar-refractivity contribution in [1.29, 1.82) is 0 Å². The highest BCUT2D eigenvalue weighted by molar-refractivity contribution is 5.21. The molecule has 2 atom stereocenters. The number of benzene rings is 2. The first-order chi connectivity index (χ1) is 12.6. The van der Waals surface area contributed by atoms with Gasteiger partial charge in [-0.05, 0) is 30.2 Å². The summed E-state index contributed by atoms with van der Waals surface area (Å²) in [6.07, 6.45) is -0.730. The van der Waals surface area contributed by atoms with E-state index in [1.807, 2.05) is 25.1 Å². The first-order valence-electron chi connectivity index (χ1n) is 9.01. The fourth-order valence-corrected chi connectivity index (χ4v) is 3.12. The largest absolute Gasteiger partial charge is 0.389 e. The quantitative estimate of drug-likeness (QED) is 0.825. The van der Waals surface area contributed by atoms with Crippen LogP contribution in [-0.2, 0) is 16.1 Å². The molecule has 0 radical (unpaired) electrons. The zero-order valence-electron chi connectivity index (χ0n) is 15.1. The number of nitrogens with zero attached hydrogens (tertiary/aromatic N) is 1. The molecule has 1 N–H and O–H groups in total. The molecule has 1 aliphatic heterocycles. The summed E-state index contributed by atoms with van der Waals surface area (Å²) in [5.74, 6) is -0.257. The lowest BCUT2D eigenvalue weighted by Gasteiger charge is -2.34. The molecule has 1 aliphatic rings. The Balaban J connectivity index is 1.43. The van der Waals surface area contributed by atoms with Crippen LogP contribution in [0.2, 0.25) is 0 Å². The number of β-amino-alcohol motifs (C(OH)–C–C–N with tert-alkyl or cyclic N) is 1. The molecule has 0 amide bonds. The lowest BCUT2D eigenvalue weighted by molar-refractivity contribution is -0.0537. The smallest absolute Gasteiger partial charge is 0.123 e. The Morgan fingerprint density at radius 2 is 2.08 bits per heavy atom. The molecule has 5 heteroatoms. The van der Waals surface area contributed by atoms with E-state index in [1.165, 1.54) is 17.7 Å². The summed E-state index contributed by atoms with van der Waals surface area (Å²) >= 11 is 0. The van der Waals surface area contributed by atoms with Gasteiger partial charge in [-0.2, -0.15) is 0 Å². The third-order valence-electron chi connectivity index (χ3n) is 4.54. The lowest BCUT2D eigenvalue weighted by Crippen LogP contribution is -2.43. The molecule has 3 rings (SSSR count). The van der Waals surface area contributed by atoms with Crippen molar-refractivity contribution < 1.29 is 19.0 Å². The number of hydrogen-bond acceptors (Lipinski definition) is 4. The molecule has 0 spiro atoms. The van der Waals surface area contributed by atoms with Crippen molar-refractivity contribution >= 4 is 0 Å². The fourth-order valence-electron chi connectivity index (χ4n) is 3.12. The van der Waals surface area contributed by atoms with E-state index < -0.39 is 6.10 Å². The van der Waals surface area contributed by atoms with Gasteiger partial charge < -0.3 is 14.6 Å². The molecule has 1 fully saturated rings. The van der Waals surface area contributed by atoms with Crippen molar-refractivity contribution in [3.05, 3.63) is 71.0 Å². The van der Waals surface area contributed by atoms with E-state index >= 15 is 0 Å². The standard InChI is InChI=1S/C21H26FNO3/c1-16-5-7-17(8-6-16)14-25-15-20(24)12-23-9-10-26-21(13-23)18-3-2-4-19(22)11-18/h2-8,11,20-21,24H,9-10,12-15H2,1H3. The predicted molar refractivity (Wildman–Crippen MR) is 98.4 cm³/mol. The Labute approximate surface area is 154 Å². The van der Waals surface area contributed by atoms with E-state index in [2.05, 4.69) is 17.0 Å². The Morgan fingerprint density at radius 1 is 1.27 bits per heavy atom. The van der Waals surface area contributed by atoms with Gasteiger partial charge in [0.15, 0.2) is 0 Å². The van der Waals surface area contributed by atoms with Crippen LogP contribution < -0.4 is 0 Å². The monoisotopic (exact) mass is 359 g/mol. The topological polar surface area (TPSA) is 41.9 Å². The van der Waals surface area contributed by atoms with Crippen LogP contribution in [0.1, 0.15) is 22.8 Å². The summed E-state index contributed by atoms with van der Waals surface area (Å²) in [6.45, 7) is 5.30. The summed E-state index contributed by atoms with van der Waals surface area (Å²) in [7, 11) is 0. The molecule has 4 nitrogen and oxygen atoms in total. The predicted octanol–water partition coefficient (Wildman–Crippen LogP) is 3.09. The summed E-state index contributed by atoms with van der Waals surface area (Å²) in [4.78, 5) is 2.14. The van der Waals surface area contributed by atoms with E-state index in [4.69, 9.17) is 9.47 Å². The van der Waals surface area contributed by atoms with Gasteiger partial charge in [0.25, 0.3) is 0 Å². The highest BCUT2D eigenvalue weighted by atomic mass is 19.1. The van der Waals surface area contributed by atoms with Crippen LogP contribution in [0.25, 0.3) is 0 Å². The van der Waals surface area contributed by atoms with Crippen LogP contribution in [0.4, 0.5) is 4.39 Å². The Kier molecular flexibility index (Phi) is 6.74. The summed E-state index contributed by atoms with van der Waals surface area (Å²) in [6, 6.07) is 14.7. The maximum absolute atomic E-state index is 13.4. The van der Waals surface area contributed by atoms with Crippen molar-refractivity contribution in [2.24, 2.45) is 0 Å². The second-order valence-electron chi connectivity index (χ2n) is 6.83. The molecule has 2 aromatic rings. The van der Waals surface area contributed by atoms with E-state index in [0.29, 0.717) is 26.3 Å². The second-order valence-corrected chi connectivity index (χ2v) is 6.83. The van der Waals surface area contributed by atoms with E-state index in [-0.39, 0.29) is 18.5 Å². The molecule has 0 saturated carbocycles. The van der Waals surface area contributed by atoms with Gasteiger partial charge in [-0.3, -0.25) is 4.90 Å². The summed E-state index contributed by atoms with van der Waals surface area (Å²) < 4.78 is 24.8. The van der Waals surface area contributed by atoms with Gasteiger partial charge in [0.05, 0.1) is 32.0 Å². The van der Waals surface area contributed by atoms with Gasteiger partial charge in [-0.1, -0.05) is 42.0 Å².